The van der Waals surface area contributed by atoms with Gasteiger partial charge in [-0.15, -0.1) is 0 Å². The monoisotopic (exact) mass is 280 g/mol. The van der Waals surface area contributed by atoms with Crippen molar-refractivity contribution in [3.05, 3.63) is 23.8 Å². The second kappa shape index (κ2) is 4.21. The van der Waals surface area contributed by atoms with E-state index in [4.69, 9.17) is 0 Å². The average Bonchev–Trinajstić information content (AvgIpc) is 2.94. The minimum Gasteiger partial charge on any atom is -0.384 e. The molecule has 1 aromatic carbocycles. The maximum Gasteiger partial charge on any atom is 0.243 e. The average molecular weight is 280 g/mol. The lowest BCUT2D eigenvalue weighted by Gasteiger charge is -2.20. The smallest absolute Gasteiger partial charge is 0.243 e. The fourth-order valence-corrected chi connectivity index (χ4v) is 4.50. The van der Waals surface area contributed by atoms with Gasteiger partial charge in [0.15, 0.2) is 0 Å². The molecule has 2 aliphatic heterocycles. The van der Waals surface area contributed by atoms with Crippen LogP contribution in [0.25, 0.3) is 0 Å². The van der Waals surface area contributed by atoms with Crippen LogP contribution in [0, 0.1) is 5.41 Å². The molecule has 0 spiro atoms. The summed E-state index contributed by atoms with van der Waals surface area (Å²) in [5, 5.41) is 3.24. The number of anilines is 1. The van der Waals surface area contributed by atoms with Crippen molar-refractivity contribution in [2.45, 2.75) is 31.6 Å². The molecule has 0 atom stereocenters. The third kappa shape index (κ3) is 2.25. The molecule has 1 N–H and O–H groups in total. The van der Waals surface area contributed by atoms with Crippen LogP contribution in [0.2, 0.25) is 0 Å². The van der Waals surface area contributed by atoms with Gasteiger partial charge in [-0.05, 0) is 36.0 Å². The lowest BCUT2D eigenvalue weighted by Crippen LogP contribution is -2.30. The van der Waals surface area contributed by atoms with Crippen molar-refractivity contribution in [1.82, 2.24) is 4.31 Å². The van der Waals surface area contributed by atoms with E-state index in [0.29, 0.717) is 18.0 Å². The highest BCUT2D eigenvalue weighted by Crippen LogP contribution is 2.34. The van der Waals surface area contributed by atoms with Gasteiger partial charge in [0.05, 0.1) is 4.90 Å². The summed E-state index contributed by atoms with van der Waals surface area (Å²) in [6.07, 6.45) is 1.90. The highest BCUT2D eigenvalue weighted by atomic mass is 32.2. The number of sulfonamides is 1. The zero-order chi connectivity index (χ0) is 13.7. The van der Waals surface area contributed by atoms with Gasteiger partial charge in [0.2, 0.25) is 10.0 Å². The quantitative estimate of drug-likeness (QED) is 0.902. The Morgan fingerprint density at radius 3 is 2.79 bits per heavy atom. The van der Waals surface area contributed by atoms with Crippen molar-refractivity contribution in [3.8, 4) is 0 Å². The highest BCUT2D eigenvalue weighted by molar-refractivity contribution is 7.89. The van der Waals surface area contributed by atoms with Gasteiger partial charge in [-0.1, -0.05) is 19.9 Å². The predicted molar refractivity (Wildman–Crippen MR) is 75.8 cm³/mol. The molecule has 0 bridgehead atoms. The van der Waals surface area contributed by atoms with Crippen LogP contribution in [0.15, 0.2) is 23.1 Å². The summed E-state index contributed by atoms with van der Waals surface area (Å²) in [6.45, 7) is 6.37. The Labute approximate surface area is 114 Å². The Bertz CT molecular complexity index is 608. The Hall–Kier alpha value is -1.07. The number of hydrogen-bond donors (Lipinski definition) is 1. The largest absolute Gasteiger partial charge is 0.384 e. The second-order valence-corrected chi connectivity index (χ2v) is 8.19. The van der Waals surface area contributed by atoms with Gasteiger partial charge in [-0.3, -0.25) is 0 Å². The lowest BCUT2D eigenvalue weighted by atomic mass is 9.93. The van der Waals surface area contributed by atoms with Crippen LogP contribution in [-0.4, -0.2) is 32.4 Å². The van der Waals surface area contributed by atoms with E-state index in [1.165, 1.54) is 5.56 Å². The minimum absolute atomic E-state index is 0.0854. The Balaban J connectivity index is 1.93. The molecule has 4 nitrogen and oxygen atoms in total. The third-order valence-electron chi connectivity index (χ3n) is 4.07. The van der Waals surface area contributed by atoms with E-state index in [-0.39, 0.29) is 5.41 Å². The third-order valence-corrected chi connectivity index (χ3v) is 5.91. The summed E-state index contributed by atoms with van der Waals surface area (Å²) in [6, 6.07) is 5.46. The molecule has 0 unspecified atom stereocenters. The first-order valence-corrected chi connectivity index (χ1v) is 8.19. The summed E-state index contributed by atoms with van der Waals surface area (Å²) < 4.78 is 26.9. The predicted octanol–water partition coefficient (Wildman–Crippen LogP) is 2.08. The number of benzene rings is 1. The highest BCUT2D eigenvalue weighted by Gasteiger charge is 2.37. The van der Waals surface area contributed by atoms with Crippen LogP contribution >= 0.6 is 0 Å². The summed E-state index contributed by atoms with van der Waals surface area (Å²) in [7, 11) is -3.34. The number of nitrogens with zero attached hydrogens (tertiary/aromatic N) is 1. The van der Waals surface area contributed by atoms with E-state index in [9.17, 15) is 8.42 Å². The molecule has 0 aromatic heterocycles. The molecule has 0 amide bonds. The standard InChI is InChI=1S/C14H20N2O2S/c1-14(2)6-8-16(10-14)19(17,18)12-4-3-11-5-7-15-13(11)9-12/h3-4,9,15H,5-8,10H2,1-2H3. The van der Waals surface area contributed by atoms with Gasteiger partial charge in [0.1, 0.15) is 0 Å². The maximum absolute atomic E-state index is 12.6. The number of fused-ring (bicyclic) bond motifs is 1. The van der Waals surface area contributed by atoms with Crippen molar-refractivity contribution in [2.75, 3.05) is 25.0 Å². The van der Waals surface area contributed by atoms with Gasteiger partial charge in [-0.25, -0.2) is 8.42 Å². The van der Waals surface area contributed by atoms with Crippen LogP contribution in [0.4, 0.5) is 5.69 Å². The molecule has 19 heavy (non-hydrogen) atoms. The van der Waals surface area contributed by atoms with E-state index in [1.807, 2.05) is 6.07 Å². The number of nitrogens with one attached hydrogen (secondary N) is 1. The first kappa shape index (κ1) is 12.9. The van der Waals surface area contributed by atoms with E-state index in [1.54, 1.807) is 16.4 Å². The van der Waals surface area contributed by atoms with E-state index < -0.39 is 10.0 Å². The second-order valence-electron chi connectivity index (χ2n) is 6.25. The fraction of sp³-hybridized carbons (Fsp3) is 0.571. The molecular weight excluding hydrogens is 260 g/mol. The van der Waals surface area contributed by atoms with E-state index >= 15 is 0 Å². The molecule has 2 aliphatic rings. The van der Waals surface area contributed by atoms with E-state index in [2.05, 4.69) is 19.2 Å². The molecular formula is C14H20N2O2S. The van der Waals surface area contributed by atoms with Crippen molar-refractivity contribution < 1.29 is 8.42 Å². The Morgan fingerprint density at radius 1 is 1.32 bits per heavy atom. The maximum atomic E-state index is 12.6. The van der Waals surface area contributed by atoms with Crippen LogP contribution in [0.1, 0.15) is 25.8 Å². The number of rotatable bonds is 2. The van der Waals surface area contributed by atoms with Crippen molar-refractivity contribution in [3.63, 3.8) is 0 Å². The molecule has 0 aliphatic carbocycles. The van der Waals surface area contributed by atoms with Crippen molar-refractivity contribution in [1.29, 1.82) is 0 Å². The van der Waals surface area contributed by atoms with Crippen molar-refractivity contribution in [2.24, 2.45) is 5.41 Å². The molecule has 3 rings (SSSR count). The fourth-order valence-electron chi connectivity index (χ4n) is 2.85. The first-order valence-electron chi connectivity index (χ1n) is 6.75. The van der Waals surface area contributed by atoms with Gasteiger partial charge in [-0.2, -0.15) is 4.31 Å². The minimum atomic E-state index is -3.34. The molecule has 1 fully saturated rings. The SMILES string of the molecule is CC1(C)CCN(S(=O)(=O)c2ccc3c(c2)NCC3)C1. The zero-order valence-electron chi connectivity index (χ0n) is 11.4. The molecule has 2 heterocycles. The molecule has 0 radical (unpaired) electrons. The molecule has 1 saturated heterocycles. The summed E-state index contributed by atoms with van der Waals surface area (Å²) in [5.74, 6) is 0. The molecule has 0 saturated carbocycles. The van der Waals surface area contributed by atoms with Crippen molar-refractivity contribution >= 4 is 15.7 Å². The zero-order valence-corrected chi connectivity index (χ0v) is 12.3. The first-order chi connectivity index (χ1) is 8.88. The summed E-state index contributed by atoms with van der Waals surface area (Å²) >= 11 is 0. The van der Waals surface area contributed by atoms with Crippen LogP contribution in [-0.2, 0) is 16.4 Å². The van der Waals surface area contributed by atoms with Crippen LogP contribution in [0.3, 0.4) is 0 Å². The Morgan fingerprint density at radius 2 is 2.11 bits per heavy atom. The van der Waals surface area contributed by atoms with Gasteiger partial charge in [0, 0.05) is 25.3 Å². The number of hydrogen-bond acceptors (Lipinski definition) is 3. The van der Waals surface area contributed by atoms with Gasteiger partial charge >= 0.3 is 0 Å². The lowest BCUT2D eigenvalue weighted by molar-refractivity contribution is 0.375. The molecule has 1 aromatic rings. The molecule has 5 heteroatoms. The summed E-state index contributed by atoms with van der Waals surface area (Å²) in [5.41, 5.74) is 2.27. The van der Waals surface area contributed by atoms with Gasteiger partial charge < -0.3 is 5.32 Å². The molecule has 104 valence electrons. The van der Waals surface area contributed by atoms with Crippen LogP contribution in [0.5, 0.6) is 0 Å². The van der Waals surface area contributed by atoms with E-state index in [0.717, 1.165) is 25.1 Å². The van der Waals surface area contributed by atoms with Gasteiger partial charge in [0.25, 0.3) is 0 Å². The topological polar surface area (TPSA) is 49.4 Å². The normalized spacial score (nSPS) is 22.2. The summed E-state index contributed by atoms with van der Waals surface area (Å²) in [4.78, 5) is 0.415. The Kier molecular flexibility index (Phi) is 2.87. The van der Waals surface area contributed by atoms with Crippen LogP contribution < -0.4 is 5.32 Å².